The van der Waals surface area contributed by atoms with Crippen molar-refractivity contribution in [3.8, 4) is 0 Å². The van der Waals surface area contributed by atoms with Crippen molar-refractivity contribution < 1.29 is 24.2 Å². The molecule has 0 aromatic heterocycles. The second-order valence-corrected chi connectivity index (χ2v) is 8.98. The molecule has 186 valence electrons. The van der Waals surface area contributed by atoms with E-state index in [9.17, 15) is 19.5 Å². The van der Waals surface area contributed by atoms with E-state index in [4.69, 9.17) is 4.74 Å². The van der Waals surface area contributed by atoms with Crippen LogP contribution < -0.4 is 10.6 Å². The third-order valence-corrected chi connectivity index (χ3v) is 6.06. The van der Waals surface area contributed by atoms with Crippen LogP contribution in [0.3, 0.4) is 0 Å². The molecular weight excluding hydrogens is 444 g/mol. The van der Waals surface area contributed by atoms with Gasteiger partial charge >= 0.3 is 5.97 Å². The van der Waals surface area contributed by atoms with Crippen LogP contribution >= 0.6 is 0 Å². The highest BCUT2D eigenvalue weighted by molar-refractivity contribution is 5.86. The first-order valence-electron chi connectivity index (χ1n) is 12.1. The highest BCUT2D eigenvalue weighted by atomic mass is 16.5. The number of esters is 1. The van der Waals surface area contributed by atoms with Gasteiger partial charge in [0.1, 0.15) is 6.61 Å². The molecule has 0 radical (unpaired) electrons. The van der Waals surface area contributed by atoms with Crippen LogP contribution in [0.1, 0.15) is 43.4 Å². The fourth-order valence-corrected chi connectivity index (χ4v) is 4.05. The van der Waals surface area contributed by atoms with E-state index in [1.165, 1.54) is 0 Å². The van der Waals surface area contributed by atoms with E-state index < -0.39 is 12.0 Å². The molecule has 7 heteroatoms. The van der Waals surface area contributed by atoms with Gasteiger partial charge in [-0.15, -0.1) is 0 Å². The smallest absolute Gasteiger partial charge is 0.309 e. The van der Waals surface area contributed by atoms with Gasteiger partial charge in [0.15, 0.2) is 0 Å². The van der Waals surface area contributed by atoms with E-state index in [-0.39, 0.29) is 49.4 Å². The number of rotatable bonds is 7. The monoisotopic (exact) mass is 478 g/mol. The standard InChI is InChI=1S/C28H34N2O5/c1-20(18-31)29-26(32)17-23-14-8-9-15-24(16-21-10-4-2-5-11-21)28(34)35-19-25(30-27(23)33)22-12-6-3-7-13-22/h2-13,20,23-25,31H,14-19H2,1H3,(H,29,32)(H,30,33)/t20-,23+,24+,25+/m0/s1. The summed E-state index contributed by atoms with van der Waals surface area (Å²) in [5.41, 5.74) is 1.87. The van der Waals surface area contributed by atoms with E-state index >= 15 is 0 Å². The van der Waals surface area contributed by atoms with Crippen molar-refractivity contribution in [2.45, 2.75) is 44.7 Å². The second kappa shape index (κ2) is 13.4. The molecule has 0 saturated carbocycles. The lowest BCUT2D eigenvalue weighted by Gasteiger charge is -2.24. The maximum Gasteiger partial charge on any atom is 0.309 e. The number of amides is 2. The number of hydrogen-bond acceptors (Lipinski definition) is 5. The molecule has 0 unspecified atom stereocenters. The molecule has 3 rings (SSSR count). The van der Waals surface area contributed by atoms with Crippen LogP contribution in [0.5, 0.6) is 0 Å². The maximum atomic E-state index is 13.2. The number of benzene rings is 2. The zero-order valence-corrected chi connectivity index (χ0v) is 20.1. The number of allylic oxidation sites excluding steroid dienone is 2. The summed E-state index contributed by atoms with van der Waals surface area (Å²) in [5.74, 6) is -1.83. The van der Waals surface area contributed by atoms with Crippen molar-refractivity contribution in [2.24, 2.45) is 11.8 Å². The summed E-state index contributed by atoms with van der Waals surface area (Å²) in [4.78, 5) is 38.6. The molecule has 35 heavy (non-hydrogen) atoms. The van der Waals surface area contributed by atoms with Crippen molar-refractivity contribution in [3.63, 3.8) is 0 Å². The summed E-state index contributed by atoms with van der Waals surface area (Å²) in [6, 6.07) is 18.2. The van der Waals surface area contributed by atoms with Crippen LogP contribution in [0.4, 0.5) is 0 Å². The first kappa shape index (κ1) is 26.2. The number of hydrogen-bond donors (Lipinski definition) is 3. The van der Waals surface area contributed by atoms with Crippen molar-refractivity contribution in [2.75, 3.05) is 13.2 Å². The van der Waals surface area contributed by atoms with Gasteiger partial charge in [0.2, 0.25) is 11.8 Å². The Balaban J connectivity index is 1.81. The molecule has 0 bridgehead atoms. The number of carbonyl (C=O) groups is 3. The van der Waals surface area contributed by atoms with Gasteiger partial charge in [-0.05, 0) is 37.3 Å². The number of nitrogens with one attached hydrogen (secondary N) is 2. The van der Waals surface area contributed by atoms with Gasteiger partial charge in [-0.1, -0.05) is 72.8 Å². The van der Waals surface area contributed by atoms with Gasteiger partial charge in [0.25, 0.3) is 0 Å². The summed E-state index contributed by atoms with van der Waals surface area (Å²) < 4.78 is 5.70. The Kier molecular flexibility index (Phi) is 10.0. The van der Waals surface area contributed by atoms with Gasteiger partial charge in [-0.25, -0.2) is 0 Å². The van der Waals surface area contributed by atoms with Gasteiger partial charge in [0, 0.05) is 12.5 Å². The number of carbonyl (C=O) groups excluding carboxylic acids is 3. The van der Waals surface area contributed by atoms with Crippen molar-refractivity contribution in [3.05, 3.63) is 83.9 Å². The van der Waals surface area contributed by atoms with Crippen LogP contribution in [0.25, 0.3) is 0 Å². The third kappa shape index (κ3) is 8.37. The van der Waals surface area contributed by atoms with Gasteiger partial charge in [-0.3, -0.25) is 14.4 Å². The highest BCUT2D eigenvalue weighted by Crippen LogP contribution is 2.21. The number of ether oxygens (including phenoxy) is 1. The number of aliphatic hydroxyl groups excluding tert-OH is 1. The van der Waals surface area contributed by atoms with Crippen molar-refractivity contribution in [1.29, 1.82) is 0 Å². The lowest BCUT2D eigenvalue weighted by atomic mass is 9.94. The Bertz CT molecular complexity index is 993. The Morgan fingerprint density at radius 1 is 1.03 bits per heavy atom. The fraction of sp³-hybridized carbons (Fsp3) is 0.393. The molecule has 1 aliphatic heterocycles. The minimum atomic E-state index is -0.592. The fourth-order valence-electron chi connectivity index (χ4n) is 4.05. The average molecular weight is 479 g/mol. The Morgan fingerprint density at radius 2 is 1.66 bits per heavy atom. The van der Waals surface area contributed by atoms with Gasteiger partial charge in [-0.2, -0.15) is 0 Å². The SMILES string of the molecule is C[C@@H](CO)NC(=O)C[C@H]1CC=CC[C@H](Cc2ccccc2)C(=O)OC[C@H](c2ccccc2)NC1=O. The van der Waals surface area contributed by atoms with E-state index in [1.807, 2.05) is 72.8 Å². The molecular formula is C28H34N2O5. The van der Waals surface area contributed by atoms with E-state index in [0.717, 1.165) is 11.1 Å². The topological polar surface area (TPSA) is 105 Å². The summed E-state index contributed by atoms with van der Waals surface area (Å²) in [5, 5.41) is 14.9. The third-order valence-electron chi connectivity index (χ3n) is 6.06. The molecule has 2 aromatic rings. The first-order chi connectivity index (χ1) is 17.0. The summed E-state index contributed by atoms with van der Waals surface area (Å²) in [6.45, 7) is 1.53. The molecule has 0 saturated heterocycles. The van der Waals surface area contributed by atoms with E-state index in [2.05, 4.69) is 10.6 Å². The first-order valence-corrected chi connectivity index (χ1v) is 12.1. The molecule has 0 aliphatic carbocycles. The van der Waals surface area contributed by atoms with Crippen molar-refractivity contribution in [1.82, 2.24) is 10.6 Å². The molecule has 2 aromatic carbocycles. The normalized spacial score (nSPS) is 22.2. The van der Waals surface area contributed by atoms with E-state index in [1.54, 1.807) is 6.92 Å². The zero-order valence-electron chi connectivity index (χ0n) is 20.1. The Morgan fingerprint density at radius 3 is 2.31 bits per heavy atom. The molecule has 0 spiro atoms. The average Bonchev–Trinajstić information content (AvgIpc) is 2.87. The van der Waals surface area contributed by atoms with Crippen LogP contribution in [0.15, 0.2) is 72.8 Å². The minimum Gasteiger partial charge on any atom is -0.463 e. The van der Waals surface area contributed by atoms with Crippen molar-refractivity contribution >= 4 is 17.8 Å². The Labute approximate surface area is 206 Å². The Hall–Kier alpha value is -3.45. The zero-order chi connectivity index (χ0) is 25.0. The molecule has 0 fully saturated rings. The summed E-state index contributed by atoms with van der Waals surface area (Å²) >= 11 is 0. The molecule has 2 amide bonds. The summed E-state index contributed by atoms with van der Waals surface area (Å²) in [6.07, 6.45) is 5.14. The van der Waals surface area contributed by atoms with Crippen LogP contribution in [0, 0.1) is 11.8 Å². The van der Waals surface area contributed by atoms with E-state index in [0.29, 0.717) is 19.3 Å². The molecule has 1 aliphatic rings. The lowest BCUT2D eigenvalue weighted by molar-refractivity contribution is -0.150. The number of aliphatic hydroxyl groups is 1. The van der Waals surface area contributed by atoms with Crippen LogP contribution in [-0.4, -0.2) is 42.1 Å². The quantitative estimate of drug-likeness (QED) is 0.419. The predicted octanol–water partition coefficient (Wildman–Crippen LogP) is 3.10. The summed E-state index contributed by atoms with van der Waals surface area (Å²) in [7, 11) is 0. The number of cyclic esters (lactones) is 1. The largest absolute Gasteiger partial charge is 0.463 e. The maximum absolute atomic E-state index is 13.2. The van der Waals surface area contributed by atoms with Gasteiger partial charge < -0.3 is 20.5 Å². The van der Waals surface area contributed by atoms with Crippen LogP contribution in [-0.2, 0) is 25.5 Å². The predicted molar refractivity (Wildman–Crippen MR) is 133 cm³/mol. The molecule has 7 nitrogen and oxygen atoms in total. The molecule has 4 atom stereocenters. The van der Waals surface area contributed by atoms with Crippen LogP contribution in [0.2, 0.25) is 0 Å². The second-order valence-electron chi connectivity index (χ2n) is 8.98. The highest BCUT2D eigenvalue weighted by Gasteiger charge is 2.27. The minimum absolute atomic E-state index is 0.00402. The lowest BCUT2D eigenvalue weighted by Crippen LogP contribution is -2.41. The molecule has 3 N–H and O–H groups in total. The molecule has 1 heterocycles. The van der Waals surface area contributed by atoms with Gasteiger partial charge in [0.05, 0.1) is 24.5 Å².